The summed E-state index contributed by atoms with van der Waals surface area (Å²) in [5.41, 5.74) is 6.43. The molecular formula is C17H24N2O. The Morgan fingerprint density at radius 3 is 2.10 bits per heavy atom. The summed E-state index contributed by atoms with van der Waals surface area (Å²) in [5, 5.41) is 3.30. The van der Waals surface area contributed by atoms with Crippen LogP contribution in [0.2, 0.25) is 0 Å². The Bertz CT molecular complexity index is 434. The first kappa shape index (κ1) is 16.2. The van der Waals surface area contributed by atoms with Crippen LogP contribution in [0, 0.1) is 0 Å². The quantitative estimate of drug-likeness (QED) is 0.749. The third-order valence-corrected chi connectivity index (χ3v) is 3.00. The van der Waals surface area contributed by atoms with Gasteiger partial charge in [0.2, 0.25) is 0 Å². The Labute approximate surface area is 121 Å². The van der Waals surface area contributed by atoms with Gasteiger partial charge in [0.25, 0.3) is 0 Å². The van der Waals surface area contributed by atoms with E-state index in [1.807, 2.05) is 54.6 Å². The second-order valence-corrected chi connectivity index (χ2v) is 4.73. The number of nitrogens with one attached hydrogen (secondary N) is 1. The number of carbonyl (C=O) groups is 1. The van der Waals surface area contributed by atoms with Crippen LogP contribution in [0.3, 0.4) is 0 Å². The number of Topliss-reactive ketones (excluding diaryl/α,β-unsaturated/α-hetero) is 1. The van der Waals surface area contributed by atoms with Crippen molar-refractivity contribution in [1.82, 2.24) is 0 Å². The highest BCUT2D eigenvalue weighted by atomic mass is 16.1. The van der Waals surface area contributed by atoms with Crippen LogP contribution >= 0.6 is 0 Å². The molecule has 0 aliphatic carbocycles. The van der Waals surface area contributed by atoms with Crippen molar-refractivity contribution in [2.24, 2.45) is 5.73 Å². The lowest BCUT2D eigenvalue weighted by Gasteiger charge is -2.16. The smallest absolute Gasteiger partial charge is 0.151 e. The van der Waals surface area contributed by atoms with Gasteiger partial charge in [-0.3, -0.25) is 4.79 Å². The van der Waals surface area contributed by atoms with Crippen molar-refractivity contribution in [2.45, 2.75) is 32.2 Å². The summed E-state index contributed by atoms with van der Waals surface area (Å²) in [6.07, 6.45) is 2.73. The molecule has 1 rings (SSSR count). The van der Waals surface area contributed by atoms with Crippen molar-refractivity contribution < 1.29 is 4.79 Å². The maximum Gasteiger partial charge on any atom is 0.151 e. The third kappa shape index (κ3) is 6.90. The van der Waals surface area contributed by atoms with E-state index in [1.54, 1.807) is 6.92 Å². The van der Waals surface area contributed by atoms with Crippen LogP contribution in [0.1, 0.15) is 26.2 Å². The van der Waals surface area contributed by atoms with E-state index in [0.717, 1.165) is 24.9 Å². The summed E-state index contributed by atoms with van der Waals surface area (Å²) < 4.78 is 0. The van der Waals surface area contributed by atoms with Crippen LogP contribution in [0.15, 0.2) is 54.6 Å². The van der Waals surface area contributed by atoms with Crippen molar-refractivity contribution in [1.29, 1.82) is 0 Å². The van der Waals surface area contributed by atoms with E-state index in [9.17, 15) is 4.79 Å². The van der Waals surface area contributed by atoms with E-state index >= 15 is 0 Å². The lowest BCUT2D eigenvalue weighted by atomic mass is 10.1. The highest BCUT2D eigenvalue weighted by molar-refractivity contribution is 5.84. The molecule has 0 aliphatic heterocycles. The zero-order chi connectivity index (χ0) is 14.6. The van der Waals surface area contributed by atoms with Crippen molar-refractivity contribution in [3.05, 3.63) is 54.6 Å². The van der Waals surface area contributed by atoms with Gasteiger partial charge in [0.15, 0.2) is 5.78 Å². The van der Waals surface area contributed by atoms with E-state index in [1.165, 1.54) is 0 Å². The maximum absolute atomic E-state index is 11.7. The van der Waals surface area contributed by atoms with Gasteiger partial charge in [-0.05, 0) is 44.9 Å². The molecule has 0 aliphatic rings. The first-order chi connectivity index (χ1) is 9.74. The molecule has 3 heteroatoms. The lowest BCUT2D eigenvalue weighted by Crippen LogP contribution is -2.27. The van der Waals surface area contributed by atoms with Crippen LogP contribution in [-0.2, 0) is 4.79 Å². The number of nitrogens with two attached hydrogens (primary N) is 1. The first-order valence-corrected chi connectivity index (χ1v) is 7.09. The minimum absolute atomic E-state index is 0.145. The Balaban J connectivity index is 2.79. The molecule has 1 aromatic carbocycles. The zero-order valence-electron chi connectivity index (χ0n) is 12.1. The van der Waals surface area contributed by atoms with E-state index in [2.05, 4.69) is 5.32 Å². The van der Waals surface area contributed by atoms with Crippen molar-refractivity contribution in [3.8, 4) is 0 Å². The summed E-state index contributed by atoms with van der Waals surface area (Å²) in [6, 6.07) is 17.5. The Hall–Kier alpha value is -1.87. The number of anilines is 1. The minimum Gasteiger partial charge on any atom is -0.375 e. The second kappa shape index (κ2) is 9.98. The summed E-state index contributed by atoms with van der Waals surface area (Å²) in [7, 11) is 0. The number of ketones is 1. The number of unbranched alkanes of at least 4 members (excludes halogenated alkanes) is 1. The third-order valence-electron chi connectivity index (χ3n) is 3.00. The molecule has 0 amide bonds. The fraction of sp³-hybridized carbons (Fsp3) is 0.353. The molecule has 0 heterocycles. The van der Waals surface area contributed by atoms with Gasteiger partial charge in [0, 0.05) is 5.69 Å². The molecule has 0 saturated heterocycles. The van der Waals surface area contributed by atoms with Crippen LogP contribution < -0.4 is 11.1 Å². The highest BCUT2D eigenvalue weighted by Gasteiger charge is 2.12. The van der Waals surface area contributed by atoms with Gasteiger partial charge < -0.3 is 11.1 Å². The van der Waals surface area contributed by atoms with Gasteiger partial charge in [-0.2, -0.15) is 0 Å². The van der Waals surface area contributed by atoms with Gasteiger partial charge in [-0.25, -0.2) is 0 Å². The molecule has 0 aromatic heterocycles. The van der Waals surface area contributed by atoms with E-state index < -0.39 is 0 Å². The number of carbonyl (C=O) groups excluding carboxylic acids is 1. The van der Waals surface area contributed by atoms with Crippen molar-refractivity contribution >= 4 is 11.5 Å². The normalized spacial score (nSPS) is 11.3. The molecule has 0 fully saturated rings. The Morgan fingerprint density at radius 2 is 1.60 bits per heavy atom. The van der Waals surface area contributed by atoms with Crippen LogP contribution in [0.25, 0.3) is 0 Å². The van der Waals surface area contributed by atoms with Gasteiger partial charge in [-0.1, -0.05) is 42.5 Å². The molecule has 3 N–H and O–H groups in total. The highest BCUT2D eigenvalue weighted by Crippen LogP contribution is 2.10. The van der Waals surface area contributed by atoms with Gasteiger partial charge >= 0.3 is 0 Å². The van der Waals surface area contributed by atoms with E-state index in [0.29, 0.717) is 6.54 Å². The maximum atomic E-state index is 11.7. The average Bonchev–Trinajstić information content (AvgIpc) is 2.44. The summed E-state index contributed by atoms with van der Waals surface area (Å²) >= 11 is 0. The molecule has 1 atom stereocenters. The molecule has 0 bridgehead atoms. The number of hydrogen-bond acceptors (Lipinski definition) is 3. The molecular weight excluding hydrogens is 248 g/mol. The zero-order valence-corrected chi connectivity index (χ0v) is 12.1. The van der Waals surface area contributed by atoms with Crippen LogP contribution in [0.4, 0.5) is 5.69 Å². The fourth-order valence-corrected chi connectivity index (χ4v) is 1.86. The molecule has 3 nitrogen and oxygen atoms in total. The predicted octanol–water partition coefficient (Wildman–Crippen LogP) is 3.31. The number of rotatable bonds is 7. The molecule has 0 radical (unpaired) electrons. The molecule has 0 spiro atoms. The molecule has 0 saturated carbocycles. The summed E-state index contributed by atoms with van der Waals surface area (Å²) in [4.78, 5) is 11.7. The SMILES string of the molecule is CC(=O)C(CCCCN)Nc1ccccccccc1. The molecule has 20 heavy (non-hydrogen) atoms. The summed E-state index contributed by atoms with van der Waals surface area (Å²) in [5.74, 6) is 0.160. The fourth-order valence-electron chi connectivity index (χ4n) is 1.86. The molecule has 1 aromatic rings. The number of hydrogen-bond donors (Lipinski definition) is 2. The van der Waals surface area contributed by atoms with E-state index in [-0.39, 0.29) is 11.8 Å². The lowest BCUT2D eigenvalue weighted by molar-refractivity contribution is -0.117. The van der Waals surface area contributed by atoms with E-state index in [4.69, 9.17) is 5.73 Å². The summed E-state index contributed by atoms with van der Waals surface area (Å²) in [6.45, 7) is 2.30. The first-order valence-electron chi connectivity index (χ1n) is 7.09. The standard InChI is InChI=1S/C17H24N2O/c1-15(20)17(13-9-10-14-18)19-16-11-7-5-3-2-4-6-8-12-16/h2-8,11-12,17,19H,9-10,13-14,18H2,1H3. The van der Waals surface area contributed by atoms with Gasteiger partial charge in [0.05, 0.1) is 6.04 Å². The molecule has 1 unspecified atom stereocenters. The van der Waals surface area contributed by atoms with Crippen molar-refractivity contribution in [3.63, 3.8) is 0 Å². The van der Waals surface area contributed by atoms with Gasteiger partial charge in [0.1, 0.15) is 0 Å². The van der Waals surface area contributed by atoms with Gasteiger partial charge in [-0.15, -0.1) is 0 Å². The molecule has 108 valence electrons. The topological polar surface area (TPSA) is 55.1 Å². The monoisotopic (exact) mass is 272 g/mol. The second-order valence-electron chi connectivity index (χ2n) is 4.73. The predicted molar refractivity (Wildman–Crippen MR) is 85.1 cm³/mol. The largest absolute Gasteiger partial charge is 0.375 e. The van der Waals surface area contributed by atoms with Crippen LogP contribution in [-0.4, -0.2) is 18.4 Å². The van der Waals surface area contributed by atoms with Crippen LogP contribution in [0.5, 0.6) is 0 Å². The average molecular weight is 272 g/mol. The Kier molecular flexibility index (Phi) is 8.08. The minimum atomic E-state index is -0.145. The Morgan fingerprint density at radius 1 is 1.05 bits per heavy atom. The van der Waals surface area contributed by atoms with Crippen molar-refractivity contribution in [2.75, 3.05) is 11.9 Å².